The summed E-state index contributed by atoms with van der Waals surface area (Å²) in [4.78, 5) is 2.21. The van der Waals surface area contributed by atoms with Crippen LogP contribution in [0.3, 0.4) is 0 Å². The van der Waals surface area contributed by atoms with E-state index in [9.17, 15) is 0 Å². The Hall–Kier alpha value is -1.58. The monoisotopic (exact) mass is 284 g/mol. The van der Waals surface area contributed by atoms with Gasteiger partial charge in [-0.25, -0.2) is 0 Å². The van der Waals surface area contributed by atoms with E-state index < -0.39 is 0 Å². The van der Waals surface area contributed by atoms with Gasteiger partial charge in [0.05, 0.1) is 12.3 Å². The molecule has 0 amide bonds. The van der Waals surface area contributed by atoms with Crippen LogP contribution in [0.1, 0.15) is 36.1 Å². The highest BCUT2D eigenvalue weighted by molar-refractivity contribution is 5.22. The molecule has 3 rings (SSSR count). The zero-order valence-electron chi connectivity index (χ0n) is 12.8. The van der Waals surface area contributed by atoms with Crippen LogP contribution >= 0.6 is 0 Å². The van der Waals surface area contributed by atoms with Crippen LogP contribution in [-0.2, 0) is 0 Å². The Bertz CT molecular complexity index is 530. The van der Waals surface area contributed by atoms with E-state index in [-0.39, 0.29) is 0 Å². The molecule has 0 bridgehead atoms. The number of hydrogen-bond donors (Lipinski definition) is 1. The number of hydrogen-bond acceptors (Lipinski definition) is 3. The molecule has 0 aliphatic heterocycles. The molecule has 1 saturated carbocycles. The summed E-state index contributed by atoms with van der Waals surface area (Å²) < 4.78 is 5.55. The van der Waals surface area contributed by atoms with Crippen molar-refractivity contribution in [1.82, 2.24) is 10.2 Å². The lowest BCUT2D eigenvalue weighted by Crippen LogP contribution is -2.43. The maximum atomic E-state index is 5.55. The van der Waals surface area contributed by atoms with Crippen LogP contribution in [0, 0.1) is 0 Å². The van der Waals surface area contributed by atoms with Gasteiger partial charge in [0, 0.05) is 12.6 Å². The van der Waals surface area contributed by atoms with Gasteiger partial charge in [-0.3, -0.25) is 4.90 Å². The summed E-state index contributed by atoms with van der Waals surface area (Å²) in [5.41, 5.74) is 1.48. The number of rotatable bonds is 6. The third kappa shape index (κ3) is 3.36. The Morgan fingerprint density at radius 1 is 1.14 bits per heavy atom. The lowest BCUT2D eigenvalue weighted by atomic mass is 9.76. The Morgan fingerprint density at radius 3 is 2.52 bits per heavy atom. The van der Waals surface area contributed by atoms with Crippen LogP contribution in [0.4, 0.5) is 0 Å². The Kier molecular flexibility index (Phi) is 4.42. The molecular formula is C18H24N2O. The third-order valence-corrected chi connectivity index (χ3v) is 4.50. The molecule has 1 heterocycles. The molecule has 112 valence electrons. The fourth-order valence-corrected chi connectivity index (χ4v) is 3.08. The van der Waals surface area contributed by atoms with Gasteiger partial charge in [0.2, 0.25) is 0 Å². The number of benzene rings is 1. The number of likely N-dealkylation sites (N-methyl/N-ethyl adjacent to an activating group) is 1. The van der Waals surface area contributed by atoms with Crippen molar-refractivity contribution in [3.63, 3.8) is 0 Å². The highest BCUT2D eigenvalue weighted by Gasteiger charge is 2.30. The fraction of sp³-hybridized carbons (Fsp3) is 0.444. The van der Waals surface area contributed by atoms with E-state index in [0.29, 0.717) is 12.1 Å². The summed E-state index contributed by atoms with van der Waals surface area (Å²) in [5.74, 6) is 1.76. The van der Waals surface area contributed by atoms with E-state index in [1.807, 2.05) is 6.07 Å². The van der Waals surface area contributed by atoms with Gasteiger partial charge in [-0.2, -0.15) is 0 Å². The van der Waals surface area contributed by atoms with Crippen LogP contribution in [0.5, 0.6) is 0 Å². The molecule has 1 atom stereocenters. The van der Waals surface area contributed by atoms with E-state index in [0.717, 1.165) is 18.2 Å². The molecule has 1 aliphatic carbocycles. The average molecular weight is 284 g/mol. The van der Waals surface area contributed by atoms with Crippen molar-refractivity contribution < 1.29 is 4.42 Å². The summed E-state index contributed by atoms with van der Waals surface area (Å²) in [6.07, 6.45) is 4.23. The first-order valence-electron chi connectivity index (χ1n) is 7.72. The molecular weight excluding hydrogens is 260 g/mol. The van der Waals surface area contributed by atoms with Crippen LogP contribution in [0.15, 0.2) is 53.1 Å². The Morgan fingerprint density at radius 2 is 1.90 bits per heavy atom. The maximum absolute atomic E-state index is 5.55. The minimum Gasteiger partial charge on any atom is -0.468 e. The molecule has 0 radical (unpaired) electrons. The van der Waals surface area contributed by atoms with E-state index in [4.69, 9.17) is 4.42 Å². The number of nitrogens with zero attached hydrogens (tertiary/aromatic N) is 1. The van der Waals surface area contributed by atoms with E-state index in [1.165, 1.54) is 18.4 Å². The van der Waals surface area contributed by atoms with E-state index in [2.05, 4.69) is 60.7 Å². The van der Waals surface area contributed by atoms with Crippen molar-refractivity contribution in [3.05, 3.63) is 60.1 Å². The molecule has 21 heavy (non-hydrogen) atoms. The lowest BCUT2D eigenvalue weighted by Gasteiger charge is -2.37. The quantitative estimate of drug-likeness (QED) is 0.881. The molecule has 3 nitrogen and oxygen atoms in total. The van der Waals surface area contributed by atoms with Crippen LogP contribution < -0.4 is 5.32 Å². The maximum Gasteiger partial charge on any atom is 0.122 e. The van der Waals surface area contributed by atoms with Gasteiger partial charge < -0.3 is 9.73 Å². The molecule has 1 N–H and O–H groups in total. The molecule has 0 spiro atoms. The van der Waals surface area contributed by atoms with E-state index in [1.54, 1.807) is 6.26 Å². The third-order valence-electron chi connectivity index (χ3n) is 4.50. The van der Waals surface area contributed by atoms with Gasteiger partial charge >= 0.3 is 0 Å². The normalized spacial score (nSPS) is 23.0. The van der Waals surface area contributed by atoms with Crippen LogP contribution in [0.2, 0.25) is 0 Å². The molecule has 1 aromatic heterocycles. The van der Waals surface area contributed by atoms with Crippen molar-refractivity contribution in [2.24, 2.45) is 0 Å². The molecule has 1 aliphatic rings. The van der Waals surface area contributed by atoms with Crippen molar-refractivity contribution in [1.29, 1.82) is 0 Å². The minimum absolute atomic E-state index is 0.302. The van der Waals surface area contributed by atoms with Crippen LogP contribution in [0.25, 0.3) is 0 Å². The molecule has 1 fully saturated rings. The summed E-state index contributed by atoms with van der Waals surface area (Å²) in [5, 5.41) is 3.69. The molecule has 1 unspecified atom stereocenters. The predicted octanol–water partition coefficient (Wildman–Crippen LogP) is 3.42. The number of furan rings is 1. The van der Waals surface area contributed by atoms with Gasteiger partial charge in [-0.15, -0.1) is 0 Å². The zero-order valence-corrected chi connectivity index (χ0v) is 12.8. The van der Waals surface area contributed by atoms with E-state index >= 15 is 0 Å². The summed E-state index contributed by atoms with van der Waals surface area (Å²) >= 11 is 0. The fourth-order valence-electron chi connectivity index (χ4n) is 3.08. The Balaban J connectivity index is 1.48. The summed E-state index contributed by atoms with van der Waals surface area (Å²) in [6.45, 7) is 0.937. The molecule has 2 aromatic rings. The first kappa shape index (κ1) is 14.4. The standard InChI is InChI=1S/C18H24N2O/c1-20(2)17(18-9-6-10-21-18)13-19-16-11-15(12-16)14-7-4-3-5-8-14/h3-10,15-17,19H,11-13H2,1-2H3. The number of nitrogens with one attached hydrogen (secondary N) is 1. The van der Waals surface area contributed by atoms with Crippen molar-refractivity contribution in [3.8, 4) is 0 Å². The van der Waals surface area contributed by atoms with Gasteiger partial charge in [-0.1, -0.05) is 30.3 Å². The smallest absolute Gasteiger partial charge is 0.122 e. The van der Waals surface area contributed by atoms with Crippen molar-refractivity contribution >= 4 is 0 Å². The molecule has 3 heteroatoms. The largest absolute Gasteiger partial charge is 0.468 e. The SMILES string of the molecule is CN(C)C(CNC1CC(c2ccccc2)C1)c1ccco1. The minimum atomic E-state index is 0.302. The first-order chi connectivity index (χ1) is 10.2. The van der Waals surface area contributed by atoms with Gasteiger partial charge in [0.25, 0.3) is 0 Å². The highest BCUT2D eigenvalue weighted by Crippen LogP contribution is 2.36. The van der Waals surface area contributed by atoms with Crippen molar-refractivity contribution in [2.45, 2.75) is 30.8 Å². The summed E-state index contributed by atoms with van der Waals surface area (Å²) in [7, 11) is 4.20. The first-order valence-corrected chi connectivity index (χ1v) is 7.72. The topological polar surface area (TPSA) is 28.4 Å². The molecule has 1 aromatic carbocycles. The van der Waals surface area contributed by atoms with Gasteiger partial charge in [-0.05, 0) is 50.6 Å². The van der Waals surface area contributed by atoms with Crippen LogP contribution in [-0.4, -0.2) is 31.6 Å². The lowest BCUT2D eigenvalue weighted by molar-refractivity contribution is 0.216. The van der Waals surface area contributed by atoms with Gasteiger partial charge in [0.1, 0.15) is 5.76 Å². The van der Waals surface area contributed by atoms with Gasteiger partial charge in [0.15, 0.2) is 0 Å². The molecule has 0 saturated heterocycles. The summed E-state index contributed by atoms with van der Waals surface area (Å²) in [6, 6.07) is 15.8. The Labute approximate surface area is 127 Å². The second-order valence-corrected chi connectivity index (χ2v) is 6.18. The zero-order chi connectivity index (χ0) is 14.7. The average Bonchev–Trinajstić information content (AvgIpc) is 2.95. The predicted molar refractivity (Wildman–Crippen MR) is 85.3 cm³/mol. The second kappa shape index (κ2) is 6.46. The second-order valence-electron chi connectivity index (χ2n) is 6.18. The highest BCUT2D eigenvalue weighted by atomic mass is 16.3. The van der Waals surface area contributed by atoms with Crippen molar-refractivity contribution in [2.75, 3.05) is 20.6 Å².